The number of hydrogen-bond donors (Lipinski definition) is 2. The van der Waals surface area contributed by atoms with Gasteiger partial charge in [-0.2, -0.15) is 0 Å². The largest absolute Gasteiger partial charge is 0.465 e. The Hall–Kier alpha value is -1.37. The lowest BCUT2D eigenvalue weighted by Crippen LogP contribution is -2.48. The fourth-order valence-electron chi connectivity index (χ4n) is 2.66. The van der Waals surface area contributed by atoms with Crippen LogP contribution >= 0.6 is 0 Å². The molecule has 1 aliphatic carbocycles. The number of furan rings is 1. The Kier molecular flexibility index (Phi) is 4.01. The fourth-order valence-corrected chi connectivity index (χ4v) is 2.66. The summed E-state index contributed by atoms with van der Waals surface area (Å²) in [5, 5.41) is 2.98. The van der Waals surface area contributed by atoms with Crippen LogP contribution in [0.1, 0.15) is 30.4 Å². The standard InChI is InChI=1S/C15H23N3O3/c1-11-2-3-13(21-11)12(18-6-8-20-9-7-18)10-17-14(19)15(16)4-5-15/h2-3,12H,4-10,16H2,1H3,(H,17,19). The van der Waals surface area contributed by atoms with Crippen molar-refractivity contribution in [1.82, 2.24) is 10.2 Å². The predicted octanol–water partition coefficient (Wildman–Crippen LogP) is 0.569. The fraction of sp³-hybridized carbons (Fsp3) is 0.667. The molecule has 1 unspecified atom stereocenters. The average Bonchev–Trinajstić information content (AvgIpc) is 3.11. The van der Waals surface area contributed by atoms with Crippen molar-refractivity contribution in [2.45, 2.75) is 31.3 Å². The van der Waals surface area contributed by atoms with Crippen LogP contribution in [0, 0.1) is 6.92 Å². The topological polar surface area (TPSA) is 80.7 Å². The summed E-state index contributed by atoms with van der Waals surface area (Å²) in [6.45, 7) is 5.56. The van der Waals surface area contributed by atoms with Gasteiger partial charge in [0.25, 0.3) is 0 Å². The van der Waals surface area contributed by atoms with E-state index in [0.29, 0.717) is 19.8 Å². The minimum atomic E-state index is -0.630. The smallest absolute Gasteiger partial charge is 0.240 e. The molecule has 0 aromatic carbocycles. The van der Waals surface area contributed by atoms with Gasteiger partial charge in [0.1, 0.15) is 11.5 Å². The lowest BCUT2D eigenvalue weighted by molar-refractivity contribution is -0.123. The van der Waals surface area contributed by atoms with E-state index in [9.17, 15) is 4.79 Å². The first kappa shape index (κ1) is 14.6. The molecule has 0 bridgehead atoms. The van der Waals surface area contributed by atoms with Crippen LogP contribution < -0.4 is 11.1 Å². The molecule has 1 aromatic rings. The molecule has 3 N–H and O–H groups in total. The van der Waals surface area contributed by atoms with E-state index in [1.165, 1.54) is 0 Å². The molecule has 6 heteroatoms. The number of ether oxygens (including phenoxy) is 1. The number of morpholine rings is 1. The Morgan fingerprint density at radius 2 is 2.14 bits per heavy atom. The van der Waals surface area contributed by atoms with Gasteiger partial charge in [-0.25, -0.2) is 0 Å². The van der Waals surface area contributed by atoms with Gasteiger partial charge in [-0.15, -0.1) is 0 Å². The van der Waals surface area contributed by atoms with E-state index in [0.717, 1.165) is 37.5 Å². The molecule has 3 rings (SSSR count). The number of nitrogens with one attached hydrogen (secondary N) is 1. The van der Waals surface area contributed by atoms with Crippen molar-refractivity contribution < 1.29 is 13.9 Å². The molecule has 1 aliphatic heterocycles. The van der Waals surface area contributed by atoms with Crippen LogP contribution in [0.15, 0.2) is 16.5 Å². The van der Waals surface area contributed by atoms with E-state index in [-0.39, 0.29) is 11.9 Å². The second kappa shape index (κ2) is 5.79. The molecule has 6 nitrogen and oxygen atoms in total. The Morgan fingerprint density at radius 3 is 2.71 bits per heavy atom. The lowest BCUT2D eigenvalue weighted by Gasteiger charge is -2.33. The molecule has 2 fully saturated rings. The van der Waals surface area contributed by atoms with Crippen molar-refractivity contribution in [2.75, 3.05) is 32.8 Å². The molecule has 116 valence electrons. The van der Waals surface area contributed by atoms with Gasteiger partial charge in [-0.05, 0) is 31.9 Å². The van der Waals surface area contributed by atoms with Gasteiger partial charge < -0.3 is 20.2 Å². The van der Waals surface area contributed by atoms with Crippen molar-refractivity contribution in [3.63, 3.8) is 0 Å². The van der Waals surface area contributed by atoms with Crippen LogP contribution in [-0.4, -0.2) is 49.2 Å². The Bertz CT molecular complexity index is 504. The second-order valence-corrected chi connectivity index (χ2v) is 5.98. The Balaban J connectivity index is 1.67. The summed E-state index contributed by atoms with van der Waals surface area (Å²) in [5.74, 6) is 1.72. The van der Waals surface area contributed by atoms with Gasteiger partial charge in [-0.1, -0.05) is 0 Å². The summed E-state index contributed by atoms with van der Waals surface area (Å²) >= 11 is 0. The average molecular weight is 293 g/mol. The van der Waals surface area contributed by atoms with Crippen LogP contribution in [0.4, 0.5) is 0 Å². The molecule has 1 amide bonds. The lowest BCUT2D eigenvalue weighted by atomic mass is 10.1. The maximum Gasteiger partial charge on any atom is 0.240 e. The predicted molar refractivity (Wildman–Crippen MR) is 77.7 cm³/mol. The first-order valence-electron chi connectivity index (χ1n) is 7.54. The quantitative estimate of drug-likeness (QED) is 0.829. The van der Waals surface area contributed by atoms with Crippen LogP contribution in [0.2, 0.25) is 0 Å². The van der Waals surface area contributed by atoms with Gasteiger partial charge >= 0.3 is 0 Å². The molecular formula is C15H23N3O3. The SMILES string of the molecule is Cc1ccc(C(CNC(=O)C2(N)CC2)N2CCOCC2)o1. The third kappa shape index (κ3) is 3.28. The number of rotatable bonds is 5. The van der Waals surface area contributed by atoms with Crippen molar-refractivity contribution in [3.8, 4) is 0 Å². The van der Waals surface area contributed by atoms with Crippen molar-refractivity contribution in [1.29, 1.82) is 0 Å². The highest BCUT2D eigenvalue weighted by Gasteiger charge is 2.46. The molecule has 0 spiro atoms. The Morgan fingerprint density at radius 1 is 1.43 bits per heavy atom. The van der Waals surface area contributed by atoms with Gasteiger partial charge in [0.2, 0.25) is 5.91 Å². The van der Waals surface area contributed by atoms with E-state index in [4.69, 9.17) is 14.9 Å². The number of carbonyl (C=O) groups is 1. The second-order valence-electron chi connectivity index (χ2n) is 5.98. The minimum absolute atomic E-state index is 0.0360. The molecule has 2 heterocycles. The molecule has 1 saturated carbocycles. The van der Waals surface area contributed by atoms with Crippen LogP contribution in [0.3, 0.4) is 0 Å². The molecule has 0 radical (unpaired) electrons. The maximum absolute atomic E-state index is 12.0. The number of hydrogen-bond acceptors (Lipinski definition) is 5. The highest BCUT2D eigenvalue weighted by molar-refractivity contribution is 5.88. The zero-order chi connectivity index (χ0) is 14.9. The van der Waals surface area contributed by atoms with E-state index < -0.39 is 5.54 Å². The summed E-state index contributed by atoms with van der Waals surface area (Å²) in [6.07, 6.45) is 1.56. The number of amides is 1. The monoisotopic (exact) mass is 293 g/mol. The molecule has 1 atom stereocenters. The summed E-state index contributed by atoms with van der Waals surface area (Å²) < 4.78 is 11.2. The van der Waals surface area contributed by atoms with Crippen LogP contribution in [0.25, 0.3) is 0 Å². The number of nitrogens with two attached hydrogens (primary N) is 1. The highest BCUT2D eigenvalue weighted by atomic mass is 16.5. The first-order chi connectivity index (χ1) is 10.1. The normalized spacial score (nSPS) is 22.8. The number of carbonyl (C=O) groups excluding carboxylic acids is 1. The minimum Gasteiger partial charge on any atom is -0.465 e. The summed E-state index contributed by atoms with van der Waals surface area (Å²) in [6, 6.07) is 3.97. The van der Waals surface area contributed by atoms with Gasteiger partial charge in [0.15, 0.2) is 0 Å². The summed E-state index contributed by atoms with van der Waals surface area (Å²) in [4.78, 5) is 14.3. The Labute approximate surface area is 124 Å². The van der Waals surface area contributed by atoms with Crippen LogP contribution in [0.5, 0.6) is 0 Å². The van der Waals surface area contributed by atoms with Crippen molar-refractivity contribution >= 4 is 5.91 Å². The third-order valence-electron chi connectivity index (χ3n) is 4.27. The zero-order valence-corrected chi connectivity index (χ0v) is 12.4. The van der Waals surface area contributed by atoms with E-state index >= 15 is 0 Å². The molecule has 21 heavy (non-hydrogen) atoms. The third-order valence-corrected chi connectivity index (χ3v) is 4.27. The molecule has 1 aromatic heterocycles. The maximum atomic E-state index is 12.0. The van der Waals surface area contributed by atoms with E-state index in [2.05, 4.69) is 10.2 Å². The number of nitrogens with zero attached hydrogens (tertiary/aromatic N) is 1. The van der Waals surface area contributed by atoms with E-state index in [1.807, 2.05) is 19.1 Å². The van der Waals surface area contributed by atoms with Crippen molar-refractivity contribution in [2.24, 2.45) is 5.73 Å². The molecular weight excluding hydrogens is 270 g/mol. The zero-order valence-electron chi connectivity index (χ0n) is 12.4. The molecule has 2 aliphatic rings. The first-order valence-corrected chi connectivity index (χ1v) is 7.54. The summed E-state index contributed by atoms with van der Waals surface area (Å²) in [5.41, 5.74) is 5.30. The van der Waals surface area contributed by atoms with E-state index in [1.54, 1.807) is 0 Å². The summed E-state index contributed by atoms with van der Waals surface area (Å²) in [7, 11) is 0. The highest BCUT2D eigenvalue weighted by Crippen LogP contribution is 2.32. The van der Waals surface area contributed by atoms with Crippen LogP contribution in [-0.2, 0) is 9.53 Å². The number of aryl methyl sites for hydroxylation is 1. The van der Waals surface area contributed by atoms with Gasteiger partial charge in [-0.3, -0.25) is 9.69 Å². The van der Waals surface area contributed by atoms with Crippen molar-refractivity contribution in [3.05, 3.63) is 23.7 Å². The van der Waals surface area contributed by atoms with Gasteiger partial charge in [0.05, 0.1) is 24.8 Å². The van der Waals surface area contributed by atoms with Gasteiger partial charge in [0, 0.05) is 19.6 Å². The molecule has 1 saturated heterocycles.